The minimum atomic E-state index is -0.0146. The molecule has 1 aromatic carbocycles. The number of anilines is 1. The molecule has 0 heterocycles. The highest BCUT2D eigenvalue weighted by molar-refractivity contribution is 5.92. The average molecular weight is 346 g/mol. The lowest BCUT2D eigenvalue weighted by Crippen LogP contribution is -2.39. The van der Waals surface area contributed by atoms with E-state index in [9.17, 15) is 9.59 Å². The highest BCUT2D eigenvalue weighted by Crippen LogP contribution is 2.30. The van der Waals surface area contributed by atoms with Crippen LogP contribution in [0.2, 0.25) is 0 Å². The Morgan fingerprint density at radius 2 is 1.60 bits per heavy atom. The van der Waals surface area contributed by atoms with E-state index < -0.39 is 0 Å². The maximum absolute atomic E-state index is 12.4. The van der Waals surface area contributed by atoms with Gasteiger partial charge in [0.15, 0.2) is 0 Å². The zero-order chi connectivity index (χ0) is 18.2. The number of carbonyl (C=O) groups excluding carboxylic acids is 2. The maximum Gasteiger partial charge on any atom is 0.227 e. The van der Waals surface area contributed by atoms with Gasteiger partial charge in [-0.05, 0) is 70.2 Å². The average Bonchev–Trinajstić information content (AvgIpc) is 2.63. The second-order valence-corrected chi connectivity index (χ2v) is 6.81. The highest BCUT2D eigenvalue weighted by atomic mass is 16.5. The van der Waals surface area contributed by atoms with Crippen molar-refractivity contribution in [3.05, 3.63) is 24.3 Å². The van der Waals surface area contributed by atoms with Gasteiger partial charge >= 0.3 is 0 Å². The van der Waals surface area contributed by atoms with Crippen molar-refractivity contribution < 1.29 is 14.3 Å². The van der Waals surface area contributed by atoms with Crippen molar-refractivity contribution in [3.63, 3.8) is 0 Å². The summed E-state index contributed by atoms with van der Waals surface area (Å²) in [6, 6.07) is 7.64. The highest BCUT2D eigenvalue weighted by Gasteiger charge is 2.30. The molecule has 2 amide bonds. The number of rotatable bonds is 7. The van der Waals surface area contributed by atoms with Gasteiger partial charge in [0.1, 0.15) is 5.75 Å². The molecule has 1 aromatic rings. The Kier molecular flexibility index (Phi) is 7.29. The number of nitrogens with one attached hydrogen (secondary N) is 2. The van der Waals surface area contributed by atoms with Gasteiger partial charge in [-0.2, -0.15) is 0 Å². The van der Waals surface area contributed by atoms with Crippen LogP contribution < -0.4 is 15.4 Å². The van der Waals surface area contributed by atoms with Crippen molar-refractivity contribution in [3.8, 4) is 5.75 Å². The van der Waals surface area contributed by atoms with E-state index in [1.54, 1.807) is 0 Å². The number of amides is 2. The van der Waals surface area contributed by atoms with Gasteiger partial charge in [0.25, 0.3) is 0 Å². The lowest BCUT2D eigenvalue weighted by molar-refractivity contribution is -0.129. The smallest absolute Gasteiger partial charge is 0.227 e. The van der Waals surface area contributed by atoms with E-state index in [0.29, 0.717) is 6.61 Å². The Hall–Kier alpha value is -2.04. The number of benzene rings is 1. The topological polar surface area (TPSA) is 67.4 Å². The molecule has 1 aliphatic rings. The Morgan fingerprint density at radius 1 is 1.04 bits per heavy atom. The first-order valence-electron chi connectivity index (χ1n) is 9.37. The third-order valence-electron chi connectivity index (χ3n) is 4.90. The van der Waals surface area contributed by atoms with Gasteiger partial charge in [0.05, 0.1) is 6.61 Å². The van der Waals surface area contributed by atoms with Gasteiger partial charge in [-0.1, -0.05) is 6.92 Å². The molecule has 1 atom stereocenters. The SMILES string of the molecule is CCOc1ccc(NC(=O)C2CCC(C(=O)NC(C)CC)CC2)cc1. The Morgan fingerprint density at radius 3 is 2.12 bits per heavy atom. The van der Waals surface area contributed by atoms with Crippen LogP contribution in [0.4, 0.5) is 5.69 Å². The van der Waals surface area contributed by atoms with E-state index in [4.69, 9.17) is 4.74 Å². The molecule has 0 aliphatic heterocycles. The molecule has 138 valence electrons. The Labute approximate surface area is 150 Å². The van der Waals surface area contributed by atoms with E-state index in [1.165, 1.54) is 0 Å². The minimum Gasteiger partial charge on any atom is -0.494 e. The zero-order valence-corrected chi connectivity index (χ0v) is 15.5. The van der Waals surface area contributed by atoms with Crippen molar-refractivity contribution in [1.29, 1.82) is 0 Å². The van der Waals surface area contributed by atoms with Crippen LogP contribution in [0.5, 0.6) is 5.75 Å². The van der Waals surface area contributed by atoms with Crippen LogP contribution in [0.3, 0.4) is 0 Å². The van der Waals surface area contributed by atoms with Crippen molar-refractivity contribution in [1.82, 2.24) is 5.32 Å². The molecule has 5 nitrogen and oxygen atoms in total. The molecule has 5 heteroatoms. The minimum absolute atomic E-state index is 0.0146. The van der Waals surface area contributed by atoms with Crippen molar-refractivity contribution >= 4 is 17.5 Å². The molecular formula is C20H30N2O3. The normalized spacial score (nSPS) is 21.2. The number of hydrogen-bond donors (Lipinski definition) is 2. The van der Waals surface area contributed by atoms with E-state index >= 15 is 0 Å². The van der Waals surface area contributed by atoms with Gasteiger partial charge in [0, 0.05) is 23.6 Å². The van der Waals surface area contributed by atoms with Gasteiger partial charge in [-0.3, -0.25) is 9.59 Å². The van der Waals surface area contributed by atoms with E-state index in [0.717, 1.165) is 43.5 Å². The monoisotopic (exact) mass is 346 g/mol. The van der Waals surface area contributed by atoms with E-state index in [-0.39, 0.29) is 29.7 Å². The van der Waals surface area contributed by atoms with E-state index in [2.05, 4.69) is 17.6 Å². The molecule has 0 radical (unpaired) electrons. The molecule has 1 unspecified atom stereocenters. The summed E-state index contributed by atoms with van der Waals surface area (Å²) >= 11 is 0. The summed E-state index contributed by atoms with van der Waals surface area (Å²) in [5, 5.41) is 6.02. The quantitative estimate of drug-likeness (QED) is 0.790. The Bertz CT molecular complexity index is 563. The summed E-state index contributed by atoms with van der Waals surface area (Å²) in [4.78, 5) is 24.6. The summed E-state index contributed by atoms with van der Waals surface area (Å²) in [5.41, 5.74) is 0.782. The predicted octanol–water partition coefficient (Wildman–Crippen LogP) is 3.74. The molecule has 1 fully saturated rings. The molecule has 0 saturated heterocycles. The number of hydrogen-bond acceptors (Lipinski definition) is 3. The maximum atomic E-state index is 12.4. The first-order valence-corrected chi connectivity index (χ1v) is 9.37. The van der Waals surface area contributed by atoms with Gasteiger partial charge in [-0.25, -0.2) is 0 Å². The third kappa shape index (κ3) is 5.76. The molecule has 1 aliphatic carbocycles. The van der Waals surface area contributed by atoms with Crippen LogP contribution in [0.1, 0.15) is 52.9 Å². The van der Waals surface area contributed by atoms with Crippen LogP contribution in [-0.2, 0) is 9.59 Å². The van der Waals surface area contributed by atoms with Gasteiger partial charge in [-0.15, -0.1) is 0 Å². The third-order valence-corrected chi connectivity index (χ3v) is 4.90. The summed E-state index contributed by atoms with van der Waals surface area (Å²) in [7, 11) is 0. The first kappa shape index (κ1) is 19.3. The van der Waals surface area contributed by atoms with Crippen LogP contribution in [0, 0.1) is 11.8 Å². The predicted molar refractivity (Wildman–Crippen MR) is 99.6 cm³/mol. The first-order chi connectivity index (χ1) is 12.0. The van der Waals surface area contributed by atoms with Crippen molar-refractivity contribution in [2.75, 3.05) is 11.9 Å². The summed E-state index contributed by atoms with van der Waals surface area (Å²) in [6.45, 7) is 6.65. The summed E-state index contributed by atoms with van der Waals surface area (Å²) in [6.07, 6.45) is 4.03. The molecule has 25 heavy (non-hydrogen) atoms. The molecule has 1 saturated carbocycles. The second-order valence-electron chi connectivity index (χ2n) is 6.81. The fourth-order valence-corrected chi connectivity index (χ4v) is 3.13. The van der Waals surface area contributed by atoms with Crippen LogP contribution in [0.25, 0.3) is 0 Å². The summed E-state index contributed by atoms with van der Waals surface area (Å²) in [5.74, 6) is 1.01. The van der Waals surface area contributed by atoms with Crippen LogP contribution in [0.15, 0.2) is 24.3 Å². The Balaban J connectivity index is 1.79. The second kappa shape index (κ2) is 9.44. The molecule has 2 rings (SSSR count). The largest absolute Gasteiger partial charge is 0.494 e. The van der Waals surface area contributed by atoms with Gasteiger partial charge < -0.3 is 15.4 Å². The molecular weight excluding hydrogens is 316 g/mol. The van der Waals surface area contributed by atoms with Gasteiger partial charge in [0.2, 0.25) is 11.8 Å². The number of carbonyl (C=O) groups is 2. The standard InChI is InChI=1S/C20H30N2O3/c1-4-14(3)21-19(23)15-6-8-16(9-7-15)20(24)22-17-10-12-18(13-11-17)25-5-2/h10-16H,4-9H2,1-3H3,(H,21,23)(H,22,24). The molecule has 0 aromatic heterocycles. The molecule has 2 N–H and O–H groups in total. The lowest BCUT2D eigenvalue weighted by Gasteiger charge is -2.28. The fraction of sp³-hybridized carbons (Fsp3) is 0.600. The fourth-order valence-electron chi connectivity index (χ4n) is 3.13. The van der Waals surface area contributed by atoms with Crippen LogP contribution >= 0.6 is 0 Å². The summed E-state index contributed by atoms with van der Waals surface area (Å²) < 4.78 is 5.40. The lowest BCUT2D eigenvalue weighted by atomic mass is 9.81. The van der Waals surface area contributed by atoms with E-state index in [1.807, 2.05) is 38.1 Å². The van der Waals surface area contributed by atoms with Crippen molar-refractivity contribution in [2.45, 2.75) is 58.9 Å². The van der Waals surface area contributed by atoms with Crippen molar-refractivity contribution in [2.24, 2.45) is 11.8 Å². The molecule has 0 spiro atoms. The zero-order valence-electron chi connectivity index (χ0n) is 15.5. The molecule has 0 bridgehead atoms. The van der Waals surface area contributed by atoms with Crippen LogP contribution in [-0.4, -0.2) is 24.5 Å². The number of ether oxygens (including phenoxy) is 1.